The number of hydrogen-bond acceptors (Lipinski definition) is 5. The van der Waals surface area contributed by atoms with Crippen LogP contribution in [0.2, 0.25) is 0 Å². The Labute approximate surface area is 185 Å². The van der Waals surface area contributed by atoms with Gasteiger partial charge in [-0.25, -0.2) is 14.4 Å². The molecule has 0 aromatic heterocycles. The zero-order valence-corrected chi connectivity index (χ0v) is 17.4. The van der Waals surface area contributed by atoms with E-state index in [0.29, 0.717) is 0 Å². The van der Waals surface area contributed by atoms with Crippen molar-refractivity contribution in [3.05, 3.63) is 72.3 Å². The Kier molecular flexibility index (Phi) is 6.11. The monoisotopic (exact) mass is 436 g/mol. The molecule has 0 saturated carbocycles. The predicted octanol–water partition coefficient (Wildman–Crippen LogP) is 3.38. The standard InChI is InChI=1S/C24H24N2O6/c1-2-11-31-24(30)26-13-15(12-21(26)22(27)28)25-23(29)32-14-20-18-9-5-3-7-16(18)17-8-4-6-10-19(17)20/h2-10,15,20-21H,1,11-14H2,(H,25,29)(H,27,28)/t15-,21+/m1/s1. The second-order valence-corrected chi connectivity index (χ2v) is 7.77. The summed E-state index contributed by atoms with van der Waals surface area (Å²) in [6.07, 6.45) is 0.0650. The zero-order valence-electron chi connectivity index (χ0n) is 17.4. The van der Waals surface area contributed by atoms with Crippen LogP contribution < -0.4 is 5.32 Å². The van der Waals surface area contributed by atoms with Gasteiger partial charge < -0.3 is 19.9 Å². The summed E-state index contributed by atoms with van der Waals surface area (Å²) in [5, 5.41) is 12.1. The molecule has 8 heteroatoms. The number of nitrogens with one attached hydrogen (secondary N) is 1. The molecular weight excluding hydrogens is 412 g/mol. The van der Waals surface area contributed by atoms with Crippen molar-refractivity contribution in [3.8, 4) is 11.1 Å². The van der Waals surface area contributed by atoms with E-state index >= 15 is 0 Å². The number of likely N-dealkylation sites (tertiary alicyclic amines) is 1. The summed E-state index contributed by atoms with van der Waals surface area (Å²) < 4.78 is 10.5. The number of carbonyl (C=O) groups is 3. The summed E-state index contributed by atoms with van der Waals surface area (Å²) in [7, 11) is 0. The van der Waals surface area contributed by atoms with Crippen molar-refractivity contribution < 1.29 is 29.0 Å². The van der Waals surface area contributed by atoms with Crippen LogP contribution in [-0.4, -0.2) is 60.0 Å². The summed E-state index contributed by atoms with van der Waals surface area (Å²) in [4.78, 5) is 37.2. The molecule has 4 rings (SSSR count). The molecule has 2 atom stereocenters. The minimum absolute atomic E-state index is 0.0217. The van der Waals surface area contributed by atoms with Gasteiger partial charge in [-0.2, -0.15) is 0 Å². The highest BCUT2D eigenvalue weighted by atomic mass is 16.6. The fourth-order valence-electron chi connectivity index (χ4n) is 4.40. The van der Waals surface area contributed by atoms with Crippen LogP contribution in [0.1, 0.15) is 23.5 Å². The average molecular weight is 436 g/mol. The van der Waals surface area contributed by atoms with E-state index in [1.165, 1.54) is 6.08 Å². The van der Waals surface area contributed by atoms with E-state index in [1.807, 2.05) is 36.4 Å². The maximum atomic E-state index is 12.5. The second kappa shape index (κ2) is 9.13. The first kappa shape index (κ1) is 21.4. The first-order chi connectivity index (χ1) is 15.5. The van der Waals surface area contributed by atoms with E-state index < -0.39 is 30.2 Å². The lowest BCUT2D eigenvalue weighted by molar-refractivity contribution is -0.141. The van der Waals surface area contributed by atoms with Crippen molar-refractivity contribution in [2.24, 2.45) is 0 Å². The maximum Gasteiger partial charge on any atom is 0.410 e. The number of ether oxygens (including phenoxy) is 2. The van der Waals surface area contributed by atoms with Crippen molar-refractivity contribution in [2.45, 2.75) is 24.4 Å². The summed E-state index contributed by atoms with van der Waals surface area (Å²) in [6, 6.07) is 14.4. The molecule has 1 heterocycles. The third kappa shape index (κ3) is 4.16. The van der Waals surface area contributed by atoms with Crippen molar-refractivity contribution in [2.75, 3.05) is 19.8 Å². The molecule has 1 saturated heterocycles. The first-order valence-corrected chi connectivity index (χ1v) is 10.4. The minimum atomic E-state index is -1.16. The number of carboxylic acid groups (broad SMARTS) is 1. The quantitative estimate of drug-likeness (QED) is 0.673. The van der Waals surface area contributed by atoms with Gasteiger partial charge in [-0.3, -0.25) is 4.90 Å². The molecule has 2 N–H and O–H groups in total. The average Bonchev–Trinajstić information content (AvgIpc) is 3.36. The number of carboxylic acids is 1. The fraction of sp³-hybridized carbons (Fsp3) is 0.292. The van der Waals surface area contributed by atoms with Crippen LogP contribution in [0, 0.1) is 0 Å². The Balaban J connectivity index is 1.38. The molecule has 2 aliphatic rings. The molecule has 2 aromatic carbocycles. The summed E-state index contributed by atoms with van der Waals surface area (Å²) in [6.45, 7) is 3.62. The molecule has 0 unspecified atom stereocenters. The highest BCUT2D eigenvalue weighted by molar-refractivity contribution is 5.81. The highest BCUT2D eigenvalue weighted by Gasteiger charge is 2.41. The number of hydrogen-bond donors (Lipinski definition) is 2. The first-order valence-electron chi connectivity index (χ1n) is 10.4. The number of alkyl carbamates (subject to hydrolysis) is 1. The Morgan fingerprint density at radius 1 is 1.06 bits per heavy atom. The number of aliphatic carboxylic acids is 1. The molecule has 32 heavy (non-hydrogen) atoms. The lowest BCUT2D eigenvalue weighted by Crippen LogP contribution is -2.42. The molecule has 0 radical (unpaired) electrons. The smallest absolute Gasteiger partial charge is 0.410 e. The van der Waals surface area contributed by atoms with Gasteiger partial charge in [-0.1, -0.05) is 61.2 Å². The van der Waals surface area contributed by atoms with E-state index in [-0.39, 0.29) is 32.1 Å². The van der Waals surface area contributed by atoms with Crippen LogP contribution in [0.15, 0.2) is 61.2 Å². The summed E-state index contributed by atoms with van der Waals surface area (Å²) in [5.41, 5.74) is 4.46. The van der Waals surface area contributed by atoms with Gasteiger partial charge in [0.25, 0.3) is 0 Å². The number of rotatable bonds is 6. The molecule has 166 valence electrons. The third-order valence-corrected chi connectivity index (χ3v) is 5.81. The van der Waals surface area contributed by atoms with Crippen LogP contribution in [0.5, 0.6) is 0 Å². The molecule has 1 aliphatic carbocycles. The van der Waals surface area contributed by atoms with Crippen LogP contribution in [0.3, 0.4) is 0 Å². The van der Waals surface area contributed by atoms with E-state index in [0.717, 1.165) is 27.2 Å². The largest absolute Gasteiger partial charge is 0.480 e. The number of benzene rings is 2. The van der Waals surface area contributed by atoms with Crippen molar-refractivity contribution in [1.29, 1.82) is 0 Å². The third-order valence-electron chi connectivity index (χ3n) is 5.81. The van der Waals surface area contributed by atoms with Crippen molar-refractivity contribution in [1.82, 2.24) is 10.2 Å². The van der Waals surface area contributed by atoms with Gasteiger partial charge in [0.15, 0.2) is 0 Å². The highest BCUT2D eigenvalue weighted by Crippen LogP contribution is 2.44. The molecule has 0 spiro atoms. The normalized spacial score (nSPS) is 19.1. The maximum absolute atomic E-state index is 12.5. The van der Waals surface area contributed by atoms with Gasteiger partial charge in [-0.05, 0) is 22.3 Å². The van der Waals surface area contributed by atoms with E-state index in [1.54, 1.807) is 0 Å². The van der Waals surface area contributed by atoms with Gasteiger partial charge in [0.05, 0.1) is 6.04 Å². The number of nitrogens with zero attached hydrogens (tertiary/aromatic N) is 1. The molecular formula is C24H24N2O6. The SMILES string of the molecule is C=CCOC(=O)N1C[C@H](NC(=O)OCC2c3ccccc3-c3ccccc32)C[C@H]1C(=O)O. The van der Waals surface area contributed by atoms with Crippen LogP contribution in [-0.2, 0) is 14.3 Å². The molecule has 2 amide bonds. The lowest BCUT2D eigenvalue weighted by Gasteiger charge is -2.20. The second-order valence-electron chi connectivity index (χ2n) is 7.77. The van der Waals surface area contributed by atoms with Gasteiger partial charge in [0, 0.05) is 18.9 Å². The van der Waals surface area contributed by atoms with Crippen LogP contribution in [0.25, 0.3) is 11.1 Å². The van der Waals surface area contributed by atoms with Crippen molar-refractivity contribution >= 4 is 18.2 Å². The molecule has 1 fully saturated rings. The number of fused-ring (bicyclic) bond motifs is 3. The van der Waals surface area contributed by atoms with Gasteiger partial charge in [-0.15, -0.1) is 0 Å². The summed E-state index contributed by atoms with van der Waals surface area (Å²) in [5.74, 6) is -1.23. The Morgan fingerprint density at radius 3 is 2.28 bits per heavy atom. The molecule has 2 aromatic rings. The molecule has 0 bridgehead atoms. The van der Waals surface area contributed by atoms with Crippen LogP contribution in [0.4, 0.5) is 9.59 Å². The molecule has 8 nitrogen and oxygen atoms in total. The Morgan fingerprint density at radius 2 is 1.69 bits per heavy atom. The van der Waals surface area contributed by atoms with E-state index in [2.05, 4.69) is 24.0 Å². The van der Waals surface area contributed by atoms with E-state index in [4.69, 9.17) is 9.47 Å². The fourth-order valence-corrected chi connectivity index (χ4v) is 4.40. The number of amides is 2. The van der Waals surface area contributed by atoms with E-state index in [9.17, 15) is 19.5 Å². The zero-order chi connectivity index (χ0) is 22.7. The van der Waals surface area contributed by atoms with Crippen molar-refractivity contribution in [3.63, 3.8) is 0 Å². The predicted molar refractivity (Wildman–Crippen MR) is 116 cm³/mol. The Hall–Kier alpha value is -3.81. The van der Waals surface area contributed by atoms with Gasteiger partial charge in [0.1, 0.15) is 19.3 Å². The lowest BCUT2D eigenvalue weighted by atomic mass is 9.98. The van der Waals surface area contributed by atoms with Gasteiger partial charge >= 0.3 is 18.2 Å². The number of carbonyl (C=O) groups excluding carboxylic acids is 2. The molecule has 1 aliphatic heterocycles. The Bertz CT molecular complexity index is 1010. The van der Waals surface area contributed by atoms with Crippen LogP contribution >= 0.6 is 0 Å². The minimum Gasteiger partial charge on any atom is -0.480 e. The van der Waals surface area contributed by atoms with Gasteiger partial charge in [0.2, 0.25) is 0 Å². The topological polar surface area (TPSA) is 105 Å². The summed E-state index contributed by atoms with van der Waals surface area (Å²) >= 11 is 0.